The van der Waals surface area contributed by atoms with E-state index in [-0.39, 0.29) is 11.8 Å². The van der Waals surface area contributed by atoms with Gasteiger partial charge in [-0.05, 0) is 74.5 Å². The molecule has 0 saturated carbocycles. The predicted octanol–water partition coefficient (Wildman–Crippen LogP) is 5.63. The number of urea groups is 1. The van der Waals surface area contributed by atoms with Gasteiger partial charge in [0, 0.05) is 16.9 Å². The quantitative estimate of drug-likeness (QED) is 0.579. The molecule has 0 unspecified atom stereocenters. The van der Waals surface area contributed by atoms with Crippen molar-refractivity contribution in [2.24, 2.45) is 0 Å². The van der Waals surface area contributed by atoms with E-state index in [2.05, 4.69) is 10.6 Å². The fraction of sp³-hybridized carbons (Fsp3) is 0.0909. The number of benzene rings is 3. The first-order valence-electron chi connectivity index (χ1n) is 8.53. The lowest BCUT2D eigenvalue weighted by Crippen LogP contribution is -2.19. The van der Waals surface area contributed by atoms with Gasteiger partial charge in [-0.25, -0.2) is 4.79 Å². The molecule has 0 bridgehead atoms. The summed E-state index contributed by atoms with van der Waals surface area (Å²) in [4.78, 5) is 23.3. The number of carbonyl (C=O) groups is 2. The van der Waals surface area contributed by atoms with Crippen molar-refractivity contribution in [3.8, 4) is 11.5 Å². The summed E-state index contributed by atoms with van der Waals surface area (Å²) >= 11 is 0. The fourth-order valence-electron chi connectivity index (χ4n) is 2.43. The van der Waals surface area contributed by atoms with Crippen LogP contribution >= 0.6 is 0 Å². The van der Waals surface area contributed by atoms with Crippen LogP contribution in [-0.4, -0.2) is 11.8 Å². The SMILES string of the molecule is CC(=O)c1ccc(Oc2ccc(NC(=O)Nc3ccc(C)cc3)cc2)cc1. The second-order valence-corrected chi connectivity index (χ2v) is 6.15. The van der Waals surface area contributed by atoms with E-state index < -0.39 is 0 Å². The number of nitrogens with one attached hydrogen (secondary N) is 2. The van der Waals surface area contributed by atoms with Crippen LogP contribution in [0.1, 0.15) is 22.8 Å². The third-order valence-electron chi connectivity index (χ3n) is 3.92. The summed E-state index contributed by atoms with van der Waals surface area (Å²) in [7, 11) is 0. The lowest BCUT2D eigenvalue weighted by molar-refractivity contribution is 0.101. The van der Waals surface area contributed by atoms with Gasteiger partial charge in [0.15, 0.2) is 5.78 Å². The maximum Gasteiger partial charge on any atom is 0.323 e. The Hall–Kier alpha value is -3.60. The molecule has 2 amide bonds. The van der Waals surface area contributed by atoms with Crippen molar-refractivity contribution < 1.29 is 14.3 Å². The largest absolute Gasteiger partial charge is 0.457 e. The number of hydrogen-bond donors (Lipinski definition) is 2. The van der Waals surface area contributed by atoms with E-state index in [0.29, 0.717) is 22.7 Å². The third kappa shape index (κ3) is 5.19. The average Bonchev–Trinajstić information content (AvgIpc) is 2.66. The molecule has 3 rings (SSSR count). The summed E-state index contributed by atoms with van der Waals surface area (Å²) in [6, 6.07) is 21.2. The minimum atomic E-state index is -0.313. The van der Waals surface area contributed by atoms with Crippen LogP contribution in [0.2, 0.25) is 0 Å². The highest BCUT2D eigenvalue weighted by Crippen LogP contribution is 2.23. The zero-order chi connectivity index (χ0) is 19.2. The van der Waals surface area contributed by atoms with Crippen LogP contribution in [0.5, 0.6) is 11.5 Å². The molecule has 0 atom stereocenters. The molecular formula is C22H20N2O3. The number of aryl methyl sites for hydroxylation is 1. The molecule has 5 heteroatoms. The maximum atomic E-state index is 12.0. The first-order valence-corrected chi connectivity index (χ1v) is 8.53. The van der Waals surface area contributed by atoms with Crippen LogP contribution in [0, 0.1) is 6.92 Å². The maximum absolute atomic E-state index is 12.0. The van der Waals surface area contributed by atoms with Crippen LogP contribution < -0.4 is 15.4 Å². The zero-order valence-electron chi connectivity index (χ0n) is 15.2. The molecule has 0 aliphatic carbocycles. The lowest BCUT2D eigenvalue weighted by atomic mass is 10.1. The van der Waals surface area contributed by atoms with Crippen LogP contribution in [0.25, 0.3) is 0 Å². The number of Topliss-reactive ketones (excluding diaryl/α,β-unsaturated/α-hetero) is 1. The molecule has 0 heterocycles. The Morgan fingerprint density at radius 1 is 0.704 bits per heavy atom. The molecule has 0 aliphatic rings. The van der Waals surface area contributed by atoms with Crippen molar-refractivity contribution in [2.45, 2.75) is 13.8 Å². The third-order valence-corrected chi connectivity index (χ3v) is 3.92. The molecule has 0 saturated heterocycles. The Morgan fingerprint density at radius 2 is 1.15 bits per heavy atom. The summed E-state index contributed by atoms with van der Waals surface area (Å²) in [5.74, 6) is 1.29. The van der Waals surface area contributed by atoms with Crippen molar-refractivity contribution >= 4 is 23.2 Å². The summed E-state index contributed by atoms with van der Waals surface area (Å²) in [5, 5.41) is 5.55. The number of ether oxygens (including phenoxy) is 1. The molecule has 2 N–H and O–H groups in total. The highest BCUT2D eigenvalue weighted by Gasteiger charge is 2.04. The van der Waals surface area contributed by atoms with Gasteiger partial charge in [-0.15, -0.1) is 0 Å². The van der Waals surface area contributed by atoms with Crippen molar-refractivity contribution in [3.63, 3.8) is 0 Å². The van der Waals surface area contributed by atoms with Gasteiger partial charge in [0.2, 0.25) is 0 Å². The number of rotatable bonds is 5. The minimum absolute atomic E-state index is 0.0147. The highest BCUT2D eigenvalue weighted by molar-refractivity contribution is 5.99. The van der Waals surface area contributed by atoms with Gasteiger partial charge in [0.05, 0.1) is 0 Å². The van der Waals surface area contributed by atoms with E-state index in [0.717, 1.165) is 11.3 Å². The van der Waals surface area contributed by atoms with E-state index >= 15 is 0 Å². The fourth-order valence-corrected chi connectivity index (χ4v) is 2.43. The Bertz CT molecular complexity index is 931. The van der Waals surface area contributed by atoms with Crippen molar-refractivity contribution in [1.82, 2.24) is 0 Å². The number of amides is 2. The van der Waals surface area contributed by atoms with Gasteiger partial charge in [-0.1, -0.05) is 17.7 Å². The topological polar surface area (TPSA) is 67.4 Å². The minimum Gasteiger partial charge on any atom is -0.457 e. The normalized spacial score (nSPS) is 10.1. The highest BCUT2D eigenvalue weighted by atomic mass is 16.5. The van der Waals surface area contributed by atoms with Gasteiger partial charge in [-0.3, -0.25) is 4.79 Å². The van der Waals surface area contributed by atoms with Crippen LogP contribution in [-0.2, 0) is 0 Å². The molecular weight excluding hydrogens is 340 g/mol. The molecule has 3 aromatic rings. The molecule has 0 aromatic heterocycles. The Labute approximate surface area is 158 Å². The van der Waals surface area contributed by atoms with Crippen LogP contribution in [0.15, 0.2) is 72.8 Å². The van der Waals surface area contributed by atoms with E-state index in [4.69, 9.17) is 4.74 Å². The Balaban J connectivity index is 1.57. The molecule has 0 spiro atoms. The first kappa shape index (κ1) is 18.2. The molecule has 5 nitrogen and oxygen atoms in total. The summed E-state index contributed by atoms with van der Waals surface area (Å²) in [6.45, 7) is 3.52. The van der Waals surface area contributed by atoms with Crippen molar-refractivity contribution in [2.75, 3.05) is 10.6 Å². The predicted molar refractivity (Wildman–Crippen MR) is 107 cm³/mol. The molecule has 0 radical (unpaired) electrons. The van der Waals surface area contributed by atoms with E-state index in [1.165, 1.54) is 6.92 Å². The van der Waals surface area contributed by atoms with Gasteiger partial charge >= 0.3 is 6.03 Å². The van der Waals surface area contributed by atoms with Crippen molar-refractivity contribution in [3.05, 3.63) is 83.9 Å². The second-order valence-electron chi connectivity index (χ2n) is 6.15. The molecule has 0 aliphatic heterocycles. The standard InChI is InChI=1S/C22H20N2O3/c1-15-3-7-18(8-4-15)23-22(26)24-19-9-13-21(14-10-19)27-20-11-5-17(6-12-20)16(2)25/h3-14H,1-2H3,(H2,23,24,26). The van der Waals surface area contributed by atoms with E-state index in [1.807, 2.05) is 31.2 Å². The molecule has 136 valence electrons. The monoisotopic (exact) mass is 360 g/mol. The van der Waals surface area contributed by atoms with Crippen LogP contribution in [0.3, 0.4) is 0 Å². The Morgan fingerprint density at radius 3 is 1.63 bits per heavy atom. The first-order chi connectivity index (χ1) is 13.0. The number of hydrogen-bond acceptors (Lipinski definition) is 3. The van der Waals surface area contributed by atoms with E-state index in [1.54, 1.807) is 48.5 Å². The zero-order valence-corrected chi connectivity index (χ0v) is 15.2. The van der Waals surface area contributed by atoms with Crippen molar-refractivity contribution in [1.29, 1.82) is 0 Å². The molecule has 27 heavy (non-hydrogen) atoms. The summed E-state index contributed by atoms with van der Waals surface area (Å²) in [5.41, 5.74) is 3.15. The summed E-state index contributed by atoms with van der Waals surface area (Å²) < 4.78 is 5.74. The lowest BCUT2D eigenvalue weighted by Gasteiger charge is -2.10. The van der Waals surface area contributed by atoms with Gasteiger partial charge in [-0.2, -0.15) is 0 Å². The average molecular weight is 360 g/mol. The van der Waals surface area contributed by atoms with Gasteiger partial charge in [0.25, 0.3) is 0 Å². The van der Waals surface area contributed by atoms with E-state index in [9.17, 15) is 9.59 Å². The molecule has 0 fully saturated rings. The number of ketones is 1. The van der Waals surface area contributed by atoms with Gasteiger partial charge < -0.3 is 15.4 Å². The van der Waals surface area contributed by atoms with Crippen LogP contribution in [0.4, 0.5) is 16.2 Å². The smallest absolute Gasteiger partial charge is 0.323 e. The molecule has 3 aromatic carbocycles. The summed E-state index contributed by atoms with van der Waals surface area (Å²) in [6.07, 6.45) is 0. The van der Waals surface area contributed by atoms with Gasteiger partial charge in [0.1, 0.15) is 11.5 Å². The number of carbonyl (C=O) groups excluding carboxylic acids is 2. The second kappa shape index (κ2) is 8.19. The number of anilines is 2. The Kier molecular flexibility index (Phi) is 5.52.